The molecule has 3 heteroatoms. The van der Waals surface area contributed by atoms with Gasteiger partial charge in [-0.15, -0.1) is 0 Å². The van der Waals surface area contributed by atoms with E-state index in [1.165, 1.54) is 51.4 Å². The summed E-state index contributed by atoms with van der Waals surface area (Å²) in [6.45, 7) is 6.46. The SMILES string of the molecule is CC(C)c1c(OC2CCCCC2C)cc(CC2CCCCC2)[nH]c1=O. The Bertz CT molecular complexity index is 613. The van der Waals surface area contributed by atoms with E-state index in [-0.39, 0.29) is 17.6 Å². The van der Waals surface area contributed by atoms with E-state index in [4.69, 9.17) is 4.74 Å². The summed E-state index contributed by atoms with van der Waals surface area (Å²) in [7, 11) is 0. The first-order valence-electron chi connectivity index (χ1n) is 10.5. The van der Waals surface area contributed by atoms with Gasteiger partial charge in [0.1, 0.15) is 11.9 Å². The number of aromatic amines is 1. The van der Waals surface area contributed by atoms with Crippen LogP contribution in [0.1, 0.15) is 95.7 Å². The Morgan fingerprint density at radius 2 is 1.76 bits per heavy atom. The standard InChI is InChI=1S/C22H35NO2/c1-15(2)21-20(25-19-12-8-7-9-16(19)3)14-18(23-22(21)24)13-17-10-5-4-6-11-17/h14-17,19H,4-13H2,1-3H3,(H,23,24). The quantitative estimate of drug-likeness (QED) is 0.757. The zero-order chi connectivity index (χ0) is 17.8. The Morgan fingerprint density at radius 1 is 1.08 bits per heavy atom. The second kappa shape index (κ2) is 8.42. The van der Waals surface area contributed by atoms with Crippen molar-refractivity contribution >= 4 is 0 Å². The average Bonchev–Trinajstić information content (AvgIpc) is 2.57. The number of rotatable bonds is 5. The molecule has 3 rings (SSSR count). The van der Waals surface area contributed by atoms with Crippen LogP contribution in [0.3, 0.4) is 0 Å². The Kier molecular flexibility index (Phi) is 6.24. The summed E-state index contributed by atoms with van der Waals surface area (Å²) in [6, 6.07) is 2.15. The third-order valence-electron chi connectivity index (χ3n) is 6.21. The normalized spacial score (nSPS) is 25.3. The van der Waals surface area contributed by atoms with Crippen LogP contribution >= 0.6 is 0 Å². The van der Waals surface area contributed by atoms with E-state index in [9.17, 15) is 4.79 Å². The van der Waals surface area contributed by atoms with E-state index in [1.807, 2.05) is 0 Å². The van der Waals surface area contributed by atoms with Gasteiger partial charge >= 0.3 is 0 Å². The molecule has 2 aliphatic carbocycles. The molecule has 1 heterocycles. The minimum atomic E-state index is 0.0572. The van der Waals surface area contributed by atoms with E-state index < -0.39 is 0 Å². The maximum absolute atomic E-state index is 12.7. The second-order valence-corrected chi connectivity index (χ2v) is 8.68. The van der Waals surface area contributed by atoms with Gasteiger partial charge in [-0.3, -0.25) is 4.79 Å². The number of hydrogen-bond donors (Lipinski definition) is 1. The number of nitrogens with one attached hydrogen (secondary N) is 1. The van der Waals surface area contributed by atoms with E-state index in [0.717, 1.165) is 35.8 Å². The maximum atomic E-state index is 12.7. The first-order valence-corrected chi connectivity index (χ1v) is 10.5. The summed E-state index contributed by atoms with van der Waals surface area (Å²) in [5, 5.41) is 0. The van der Waals surface area contributed by atoms with Crippen LogP contribution in [0.4, 0.5) is 0 Å². The molecule has 0 bridgehead atoms. The van der Waals surface area contributed by atoms with Crippen molar-refractivity contribution in [2.75, 3.05) is 0 Å². The highest BCUT2D eigenvalue weighted by Crippen LogP contribution is 2.32. The van der Waals surface area contributed by atoms with Gasteiger partial charge < -0.3 is 9.72 Å². The van der Waals surface area contributed by atoms with Crippen molar-refractivity contribution in [1.29, 1.82) is 0 Å². The zero-order valence-electron chi connectivity index (χ0n) is 16.3. The van der Waals surface area contributed by atoms with Crippen molar-refractivity contribution in [3.05, 3.63) is 27.7 Å². The Morgan fingerprint density at radius 3 is 2.44 bits per heavy atom. The fourth-order valence-corrected chi connectivity index (χ4v) is 4.67. The Labute approximate surface area is 152 Å². The van der Waals surface area contributed by atoms with Gasteiger partial charge in [0.2, 0.25) is 0 Å². The molecule has 2 aliphatic rings. The molecule has 2 unspecified atom stereocenters. The number of aromatic nitrogens is 1. The second-order valence-electron chi connectivity index (χ2n) is 8.68. The molecule has 2 fully saturated rings. The lowest BCUT2D eigenvalue weighted by atomic mass is 9.85. The number of ether oxygens (including phenoxy) is 1. The topological polar surface area (TPSA) is 42.1 Å². The lowest BCUT2D eigenvalue weighted by molar-refractivity contribution is 0.101. The first-order chi connectivity index (χ1) is 12.0. The highest BCUT2D eigenvalue weighted by molar-refractivity contribution is 5.36. The van der Waals surface area contributed by atoms with E-state index >= 15 is 0 Å². The van der Waals surface area contributed by atoms with Crippen molar-refractivity contribution in [2.24, 2.45) is 11.8 Å². The summed E-state index contributed by atoms with van der Waals surface area (Å²) in [4.78, 5) is 15.9. The van der Waals surface area contributed by atoms with Crippen LogP contribution < -0.4 is 10.3 Å². The molecule has 0 aromatic carbocycles. The molecule has 0 radical (unpaired) electrons. The van der Waals surface area contributed by atoms with Crippen molar-refractivity contribution in [3.63, 3.8) is 0 Å². The van der Waals surface area contributed by atoms with Crippen molar-refractivity contribution in [1.82, 2.24) is 4.98 Å². The molecular weight excluding hydrogens is 310 g/mol. The van der Waals surface area contributed by atoms with Crippen LogP contribution in [0.15, 0.2) is 10.9 Å². The third-order valence-corrected chi connectivity index (χ3v) is 6.21. The molecule has 1 N–H and O–H groups in total. The predicted molar refractivity (Wildman–Crippen MR) is 103 cm³/mol. The van der Waals surface area contributed by atoms with Crippen molar-refractivity contribution in [3.8, 4) is 5.75 Å². The molecule has 2 saturated carbocycles. The van der Waals surface area contributed by atoms with Gasteiger partial charge in [-0.1, -0.05) is 59.3 Å². The van der Waals surface area contributed by atoms with Gasteiger partial charge in [0.25, 0.3) is 5.56 Å². The van der Waals surface area contributed by atoms with Gasteiger partial charge in [-0.2, -0.15) is 0 Å². The fourth-order valence-electron chi connectivity index (χ4n) is 4.67. The van der Waals surface area contributed by atoms with Crippen LogP contribution in [0.2, 0.25) is 0 Å². The Hall–Kier alpha value is -1.25. The number of pyridine rings is 1. The van der Waals surface area contributed by atoms with Crippen LogP contribution in [0, 0.1) is 11.8 Å². The lowest BCUT2D eigenvalue weighted by Crippen LogP contribution is -2.30. The minimum absolute atomic E-state index is 0.0572. The van der Waals surface area contributed by atoms with E-state index in [0.29, 0.717) is 5.92 Å². The molecule has 0 amide bonds. The molecule has 0 spiro atoms. The van der Waals surface area contributed by atoms with Crippen LogP contribution in [-0.4, -0.2) is 11.1 Å². The summed E-state index contributed by atoms with van der Waals surface area (Å²) >= 11 is 0. The van der Waals surface area contributed by atoms with Gasteiger partial charge in [0, 0.05) is 11.8 Å². The molecule has 140 valence electrons. The molecule has 3 nitrogen and oxygen atoms in total. The van der Waals surface area contributed by atoms with E-state index in [2.05, 4.69) is 31.8 Å². The smallest absolute Gasteiger partial charge is 0.255 e. The molecule has 0 aliphatic heterocycles. The molecular formula is C22H35NO2. The van der Waals surface area contributed by atoms with Gasteiger partial charge in [-0.25, -0.2) is 0 Å². The lowest BCUT2D eigenvalue weighted by Gasteiger charge is -2.30. The Balaban J connectivity index is 1.83. The van der Waals surface area contributed by atoms with Crippen LogP contribution in [0.5, 0.6) is 5.75 Å². The van der Waals surface area contributed by atoms with Crippen LogP contribution in [0.25, 0.3) is 0 Å². The largest absolute Gasteiger partial charge is 0.490 e. The summed E-state index contributed by atoms with van der Waals surface area (Å²) in [6.07, 6.45) is 12.8. The summed E-state index contributed by atoms with van der Waals surface area (Å²) < 4.78 is 6.45. The highest BCUT2D eigenvalue weighted by Gasteiger charge is 2.26. The van der Waals surface area contributed by atoms with Crippen molar-refractivity contribution in [2.45, 2.75) is 97.0 Å². The molecule has 2 atom stereocenters. The average molecular weight is 346 g/mol. The molecule has 25 heavy (non-hydrogen) atoms. The summed E-state index contributed by atoms with van der Waals surface area (Å²) in [5.74, 6) is 2.33. The highest BCUT2D eigenvalue weighted by atomic mass is 16.5. The first kappa shape index (κ1) is 18.5. The molecule has 0 saturated heterocycles. The number of hydrogen-bond acceptors (Lipinski definition) is 2. The van der Waals surface area contributed by atoms with Crippen molar-refractivity contribution < 1.29 is 4.74 Å². The maximum Gasteiger partial charge on any atom is 0.255 e. The van der Waals surface area contributed by atoms with Gasteiger partial charge in [-0.05, 0) is 43.4 Å². The monoisotopic (exact) mass is 345 g/mol. The predicted octanol–water partition coefficient (Wildman–Crippen LogP) is 5.58. The number of H-pyrrole nitrogens is 1. The third kappa shape index (κ3) is 4.68. The minimum Gasteiger partial charge on any atom is -0.490 e. The van der Waals surface area contributed by atoms with Gasteiger partial charge in [0.05, 0.1) is 5.56 Å². The van der Waals surface area contributed by atoms with Crippen LogP contribution in [-0.2, 0) is 6.42 Å². The van der Waals surface area contributed by atoms with E-state index in [1.54, 1.807) is 0 Å². The van der Waals surface area contributed by atoms with Gasteiger partial charge in [0.15, 0.2) is 0 Å². The molecule has 1 aromatic heterocycles. The molecule has 1 aromatic rings. The fraction of sp³-hybridized carbons (Fsp3) is 0.773. The summed E-state index contributed by atoms with van der Waals surface area (Å²) in [5.41, 5.74) is 1.95. The zero-order valence-corrected chi connectivity index (χ0v) is 16.3.